The second kappa shape index (κ2) is 8.53. The normalized spacial score (nSPS) is 24.0. The van der Waals surface area contributed by atoms with E-state index in [4.69, 9.17) is 0 Å². The highest BCUT2D eigenvalue weighted by Gasteiger charge is 2.41. The molecule has 7 nitrogen and oxygen atoms in total. The molecule has 2 aromatic rings. The van der Waals surface area contributed by atoms with Gasteiger partial charge in [-0.1, -0.05) is 0 Å². The number of imide groups is 1. The molecule has 0 bridgehead atoms. The molecule has 3 aliphatic heterocycles. The Kier molecular flexibility index (Phi) is 5.49. The second-order valence-electron chi connectivity index (χ2n) is 9.91. The second-order valence-corrected chi connectivity index (χ2v) is 11.1. The summed E-state index contributed by atoms with van der Waals surface area (Å²) in [7, 11) is 0. The van der Waals surface area contributed by atoms with Crippen LogP contribution in [0, 0.1) is 5.82 Å². The number of benzene rings is 1. The Hall–Kier alpha value is -2.65. The van der Waals surface area contributed by atoms with Crippen molar-refractivity contribution in [1.82, 2.24) is 20.1 Å². The summed E-state index contributed by atoms with van der Waals surface area (Å²) < 4.78 is 14.6. The summed E-state index contributed by atoms with van der Waals surface area (Å²) in [4.78, 5) is 46.8. The van der Waals surface area contributed by atoms with Crippen LogP contribution in [0.4, 0.5) is 4.39 Å². The Morgan fingerprint density at radius 2 is 1.85 bits per heavy atom. The van der Waals surface area contributed by atoms with Gasteiger partial charge in [-0.25, -0.2) is 9.37 Å². The minimum atomic E-state index is -0.685. The van der Waals surface area contributed by atoms with Crippen molar-refractivity contribution in [1.29, 1.82) is 0 Å². The van der Waals surface area contributed by atoms with Crippen molar-refractivity contribution < 1.29 is 18.8 Å². The summed E-state index contributed by atoms with van der Waals surface area (Å²) in [5.74, 6) is -0.626. The van der Waals surface area contributed by atoms with E-state index in [1.54, 1.807) is 6.07 Å². The molecule has 1 aliphatic carbocycles. The molecule has 34 heavy (non-hydrogen) atoms. The van der Waals surface area contributed by atoms with Gasteiger partial charge in [-0.05, 0) is 74.4 Å². The number of piperidine rings is 2. The van der Waals surface area contributed by atoms with Gasteiger partial charge in [-0.15, -0.1) is 11.3 Å². The molecular formula is C25H27FN4O3S. The molecule has 1 aromatic heterocycles. The predicted octanol–water partition coefficient (Wildman–Crippen LogP) is 3.30. The first-order valence-electron chi connectivity index (χ1n) is 12.1. The minimum absolute atomic E-state index is 0.179. The van der Waals surface area contributed by atoms with E-state index in [1.165, 1.54) is 33.7 Å². The molecular weight excluding hydrogens is 455 g/mol. The standard InChI is InChI=1S/C25H27FN4O3S/c26-16-9-18(14-5-7-29(8-6-14)12-17-11-27-24(34-17)15-1-2-15)20-13-30(25(33)19(20)10-16)21-3-4-22(31)28-23(21)32/h9-11,14-15,21H,1-8,12-13H2,(H,28,31,32). The lowest BCUT2D eigenvalue weighted by molar-refractivity contribution is -0.136. The van der Waals surface area contributed by atoms with Crippen LogP contribution in [-0.2, 0) is 22.7 Å². The molecule has 4 heterocycles. The van der Waals surface area contributed by atoms with Gasteiger partial charge in [0.2, 0.25) is 11.8 Å². The van der Waals surface area contributed by atoms with Crippen LogP contribution >= 0.6 is 11.3 Å². The molecule has 178 valence electrons. The first-order valence-corrected chi connectivity index (χ1v) is 12.9. The van der Waals surface area contributed by atoms with E-state index in [1.807, 2.05) is 17.5 Å². The van der Waals surface area contributed by atoms with Crippen molar-refractivity contribution in [3.05, 3.63) is 50.7 Å². The van der Waals surface area contributed by atoms with Gasteiger partial charge >= 0.3 is 0 Å². The van der Waals surface area contributed by atoms with Crippen LogP contribution in [0.15, 0.2) is 18.3 Å². The maximum atomic E-state index is 14.6. The molecule has 1 unspecified atom stereocenters. The maximum Gasteiger partial charge on any atom is 0.255 e. The van der Waals surface area contributed by atoms with Gasteiger partial charge in [0.15, 0.2) is 0 Å². The monoisotopic (exact) mass is 482 g/mol. The van der Waals surface area contributed by atoms with E-state index in [9.17, 15) is 18.8 Å². The van der Waals surface area contributed by atoms with Gasteiger partial charge in [-0.3, -0.25) is 24.6 Å². The zero-order chi connectivity index (χ0) is 23.4. The average molecular weight is 483 g/mol. The van der Waals surface area contributed by atoms with Crippen molar-refractivity contribution in [3.8, 4) is 0 Å². The summed E-state index contributed by atoms with van der Waals surface area (Å²) in [6.07, 6.45) is 6.85. The molecule has 4 aliphatic rings. The molecule has 1 saturated carbocycles. The Balaban J connectivity index is 1.15. The van der Waals surface area contributed by atoms with E-state index in [-0.39, 0.29) is 24.2 Å². The third-order valence-corrected chi connectivity index (χ3v) is 8.70. The van der Waals surface area contributed by atoms with E-state index in [0.29, 0.717) is 24.4 Å². The zero-order valence-electron chi connectivity index (χ0n) is 18.9. The molecule has 0 spiro atoms. The summed E-state index contributed by atoms with van der Waals surface area (Å²) in [5, 5.41) is 3.59. The fourth-order valence-electron chi connectivity index (χ4n) is 5.55. The highest BCUT2D eigenvalue weighted by atomic mass is 32.1. The van der Waals surface area contributed by atoms with Crippen LogP contribution in [0.1, 0.15) is 81.7 Å². The lowest BCUT2D eigenvalue weighted by atomic mass is 9.85. The number of fused-ring (bicyclic) bond motifs is 1. The van der Waals surface area contributed by atoms with Crippen LogP contribution in [0.2, 0.25) is 0 Å². The Morgan fingerprint density at radius 3 is 2.59 bits per heavy atom. The number of aromatic nitrogens is 1. The van der Waals surface area contributed by atoms with E-state index >= 15 is 0 Å². The quantitative estimate of drug-likeness (QED) is 0.662. The molecule has 1 aromatic carbocycles. The molecule has 9 heteroatoms. The first kappa shape index (κ1) is 21.9. The average Bonchev–Trinajstić information content (AvgIpc) is 3.49. The van der Waals surface area contributed by atoms with Crippen molar-refractivity contribution in [3.63, 3.8) is 0 Å². The van der Waals surface area contributed by atoms with E-state index in [0.717, 1.165) is 43.6 Å². The van der Waals surface area contributed by atoms with Crippen LogP contribution in [0.3, 0.4) is 0 Å². The fourth-order valence-corrected chi connectivity index (χ4v) is 6.68. The number of hydrogen-bond donors (Lipinski definition) is 1. The molecule has 0 radical (unpaired) electrons. The maximum absolute atomic E-state index is 14.6. The largest absolute Gasteiger partial charge is 0.322 e. The van der Waals surface area contributed by atoms with Crippen LogP contribution in [-0.4, -0.2) is 51.6 Å². The zero-order valence-corrected chi connectivity index (χ0v) is 19.7. The van der Waals surface area contributed by atoms with Gasteiger partial charge < -0.3 is 4.90 Å². The first-order chi connectivity index (χ1) is 16.5. The number of carbonyl (C=O) groups is 3. The Morgan fingerprint density at radius 1 is 1.06 bits per heavy atom. The summed E-state index contributed by atoms with van der Waals surface area (Å²) in [6, 6.07) is 2.19. The summed E-state index contributed by atoms with van der Waals surface area (Å²) in [6.45, 7) is 3.02. The van der Waals surface area contributed by atoms with Crippen LogP contribution in [0.25, 0.3) is 0 Å². The number of nitrogens with zero attached hydrogens (tertiary/aromatic N) is 3. The molecule has 3 amide bonds. The Bertz CT molecular complexity index is 1170. The summed E-state index contributed by atoms with van der Waals surface area (Å²) in [5.41, 5.74) is 2.09. The number of likely N-dealkylation sites (tertiary alicyclic amines) is 1. The smallest absolute Gasteiger partial charge is 0.255 e. The van der Waals surface area contributed by atoms with Gasteiger partial charge in [0.1, 0.15) is 11.9 Å². The van der Waals surface area contributed by atoms with Crippen molar-refractivity contribution in [2.75, 3.05) is 13.1 Å². The molecule has 1 N–H and O–H groups in total. The van der Waals surface area contributed by atoms with Gasteiger partial charge in [0, 0.05) is 42.1 Å². The number of amides is 3. The SMILES string of the molecule is O=C1CCC(N2Cc3c(cc(F)cc3C3CCN(Cc4cnc(C5CC5)s4)CC3)C2=O)C(=O)N1. The van der Waals surface area contributed by atoms with Gasteiger partial charge in [-0.2, -0.15) is 0 Å². The molecule has 1 atom stereocenters. The number of carbonyl (C=O) groups excluding carboxylic acids is 3. The Labute approximate surface area is 201 Å². The number of nitrogens with one attached hydrogen (secondary N) is 1. The lowest BCUT2D eigenvalue weighted by Crippen LogP contribution is -2.52. The molecule has 6 rings (SSSR count). The van der Waals surface area contributed by atoms with Crippen LogP contribution < -0.4 is 5.32 Å². The third-order valence-electron chi connectivity index (χ3n) is 7.56. The molecule has 3 fully saturated rings. The van der Waals surface area contributed by atoms with Crippen molar-refractivity contribution >= 4 is 29.1 Å². The lowest BCUT2D eigenvalue weighted by Gasteiger charge is -2.33. The number of hydrogen-bond acceptors (Lipinski definition) is 6. The fraction of sp³-hybridized carbons (Fsp3) is 0.520. The van der Waals surface area contributed by atoms with Gasteiger partial charge in [0.25, 0.3) is 5.91 Å². The minimum Gasteiger partial charge on any atom is -0.322 e. The van der Waals surface area contributed by atoms with Crippen LogP contribution in [0.5, 0.6) is 0 Å². The summed E-state index contributed by atoms with van der Waals surface area (Å²) >= 11 is 1.83. The van der Waals surface area contributed by atoms with Gasteiger partial charge in [0.05, 0.1) is 5.01 Å². The van der Waals surface area contributed by atoms with Crippen molar-refractivity contribution in [2.24, 2.45) is 0 Å². The van der Waals surface area contributed by atoms with E-state index < -0.39 is 17.8 Å². The topological polar surface area (TPSA) is 82.6 Å². The predicted molar refractivity (Wildman–Crippen MR) is 124 cm³/mol. The highest BCUT2D eigenvalue weighted by Crippen LogP contribution is 2.42. The van der Waals surface area contributed by atoms with Crippen molar-refractivity contribution in [2.45, 2.75) is 69.5 Å². The van der Waals surface area contributed by atoms with E-state index in [2.05, 4.69) is 15.2 Å². The number of halogens is 1. The highest BCUT2D eigenvalue weighted by molar-refractivity contribution is 7.11. The number of thiazole rings is 1. The third kappa shape index (κ3) is 4.05. The number of rotatable bonds is 5. The molecule has 2 saturated heterocycles.